The maximum atomic E-state index is 12.3. The number of halogens is 2. The van der Waals surface area contributed by atoms with Crippen molar-refractivity contribution in [2.24, 2.45) is 5.10 Å². The molecule has 2 rings (SSSR count). The first kappa shape index (κ1) is 32.3. The number of carbonyl (C=O) groups excluding carboxylic acids is 3. The average molecular weight is 577 g/mol. The fourth-order valence-corrected chi connectivity index (χ4v) is 4.36. The minimum Gasteiger partial charge on any atom is -0.423 e. The van der Waals surface area contributed by atoms with Gasteiger partial charge in [-0.05, 0) is 54.4 Å². The molecule has 2 amide bonds. The second kappa shape index (κ2) is 19.2. The maximum absolute atomic E-state index is 12.3. The van der Waals surface area contributed by atoms with Gasteiger partial charge in [0.2, 0.25) is 5.91 Å². The van der Waals surface area contributed by atoms with Crippen LogP contribution in [0.25, 0.3) is 0 Å². The molecule has 2 aromatic carbocycles. The second-order valence-electron chi connectivity index (χ2n) is 9.44. The maximum Gasteiger partial charge on any atom is 0.345 e. The van der Waals surface area contributed by atoms with Gasteiger partial charge in [-0.1, -0.05) is 94.3 Å². The van der Waals surface area contributed by atoms with Crippen molar-refractivity contribution in [2.45, 2.75) is 84.0 Å². The summed E-state index contributed by atoms with van der Waals surface area (Å²) in [4.78, 5) is 36.2. The number of ether oxygens (including phenoxy) is 1. The zero-order valence-corrected chi connectivity index (χ0v) is 24.2. The van der Waals surface area contributed by atoms with Crippen molar-refractivity contribution in [3.63, 3.8) is 0 Å². The standard InChI is InChI=1S/C30H39Cl2N3O4/c1-2-3-4-5-6-7-8-9-10-11-12-13-28(36)33-22-29(37)35-34-21-23-14-17-25(18-15-23)39-30(38)26-19-16-24(31)20-27(26)32/h14-21H,2-13,22H2,1H3,(H,33,36)(H,35,37)/b34-21+. The minimum absolute atomic E-state index is 0.129. The van der Waals surface area contributed by atoms with E-state index in [0.717, 1.165) is 19.3 Å². The third-order valence-corrected chi connectivity index (χ3v) is 6.65. The van der Waals surface area contributed by atoms with Gasteiger partial charge < -0.3 is 10.1 Å². The fourth-order valence-electron chi connectivity index (χ4n) is 3.87. The molecule has 39 heavy (non-hydrogen) atoms. The van der Waals surface area contributed by atoms with Crippen LogP contribution in [0.15, 0.2) is 47.6 Å². The van der Waals surface area contributed by atoms with E-state index >= 15 is 0 Å². The summed E-state index contributed by atoms with van der Waals surface area (Å²) in [6, 6.07) is 11.1. The molecule has 0 aromatic heterocycles. The van der Waals surface area contributed by atoms with Gasteiger partial charge in [0.1, 0.15) is 5.75 Å². The molecule has 0 spiro atoms. The summed E-state index contributed by atoms with van der Waals surface area (Å²) >= 11 is 11.9. The molecule has 0 saturated heterocycles. The first-order chi connectivity index (χ1) is 18.9. The van der Waals surface area contributed by atoms with Crippen LogP contribution in [0.5, 0.6) is 5.75 Å². The molecule has 9 heteroatoms. The lowest BCUT2D eigenvalue weighted by molar-refractivity contribution is -0.126. The van der Waals surface area contributed by atoms with Crippen LogP contribution in [0.3, 0.4) is 0 Å². The minimum atomic E-state index is -0.601. The van der Waals surface area contributed by atoms with E-state index in [9.17, 15) is 14.4 Å². The van der Waals surface area contributed by atoms with Crippen LogP contribution in [0, 0.1) is 0 Å². The molecule has 0 aliphatic rings. The molecule has 2 aromatic rings. The van der Waals surface area contributed by atoms with Crippen LogP contribution >= 0.6 is 23.2 Å². The van der Waals surface area contributed by atoms with Crippen LogP contribution in [-0.4, -0.2) is 30.5 Å². The zero-order chi connectivity index (χ0) is 28.3. The molecular formula is C30H39Cl2N3O4. The summed E-state index contributed by atoms with van der Waals surface area (Å²) in [6.07, 6.45) is 15.4. The van der Waals surface area contributed by atoms with Crippen LogP contribution in [0.2, 0.25) is 10.0 Å². The van der Waals surface area contributed by atoms with Gasteiger partial charge in [-0.15, -0.1) is 0 Å². The first-order valence-electron chi connectivity index (χ1n) is 13.7. The Morgan fingerprint density at radius 2 is 1.44 bits per heavy atom. The van der Waals surface area contributed by atoms with Crippen molar-refractivity contribution in [3.05, 3.63) is 63.6 Å². The van der Waals surface area contributed by atoms with Gasteiger partial charge in [-0.2, -0.15) is 5.10 Å². The molecule has 0 atom stereocenters. The number of hydrogen-bond donors (Lipinski definition) is 2. The summed E-state index contributed by atoms with van der Waals surface area (Å²) in [5.41, 5.74) is 3.27. The number of benzene rings is 2. The third kappa shape index (κ3) is 14.2. The molecule has 0 bridgehead atoms. The molecule has 0 fully saturated rings. The summed E-state index contributed by atoms with van der Waals surface area (Å²) in [5, 5.41) is 7.15. The molecule has 0 saturated carbocycles. The van der Waals surface area contributed by atoms with Gasteiger partial charge in [-0.3, -0.25) is 9.59 Å². The van der Waals surface area contributed by atoms with E-state index in [4.69, 9.17) is 27.9 Å². The van der Waals surface area contributed by atoms with Crippen molar-refractivity contribution in [3.8, 4) is 5.75 Å². The molecule has 0 aliphatic heterocycles. The highest BCUT2D eigenvalue weighted by Gasteiger charge is 2.13. The molecular weight excluding hydrogens is 537 g/mol. The van der Waals surface area contributed by atoms with Crippen LogP contribution in [0.4, 0.5) is 0 Å². The SMILES string of the molecule is CCCCCCCCCCCCCC(=O)NCC(=O)N/N=C/c1ccc(OC(=O)c2ccc(Cl)cc2Cl)cc1. The van der Waals surface area contributed by atoms with Crippen LogP contribution < -0.4 is 15.5 Å². The lowest BCUT2D eigenvalue weighted by Gasteiger charge is -2.06. The van der Waals surface area contributed by atoms with E-state index in [-0.39, 0.29) is 23.0 Å². The van der Waals surface area contributed by atoms with E-state index in [1.807, 2.05) is 0 Å². The smallest absolute Gasteiger partial charge is 0.345 e. The first-order valence-corrected chi connectivity index (χ1v) is 14.5. The summed E-state index contributed by atoms with van der Waals surface area (Å²) in [5.74, 6) is -0.817. The summed E-state index contributed by atoms with van der Waals surface area (Å²) < 4.78 is 5.32. The number of hydrogen-bond acceptors (Lipinski definition) is 5. The predicted molar refractivity (Wildman–Crippen MR) is 158 cm³/mol. The average Bonchev–Trinajstić information content (AvgIpc) is 2.91. The van der Waals surface area contributed by atoms with Gasteiger partial charge >= 0.3 is 5.97 Å². The normalized spacial score (nSPS) is 10.9. The number of nitrogens with one attached hydrogen (secondary N) is 2. The van der Waals surface area contributed by atoms with Crippen LogP contribution in [-0.2, 0) is 9.59 Å². The van der Waals surface area contributed by atoms with Gasteiger partial charge in [0.25, 0.3) is 5.91 Å². The Morgan fingerprint density at radius 3 is 2.05 bits per heavy atom. The summed E-state index contributed by atoms with van der Waals surface area (Å²) in [6.45, 7) is 2.11. The number of esters is 1. The van der Waals surface area contributed by atoms with E-state index in [1.165, 1.54) is 69.7 Å². The Kier molecular flexibility index (Phi) is 15.9. The van der Waals surface area contributed by atoms with Gasteiger partial charge in [-0.25, -0.2) is 10.2 Å². The third-order valence-electron chi connectivity index (χ3n) is 6.10. The van der Waals surface area contributed by atoms with E-state index in [2.05, 4.69) is 22.8 Å². The Balaban J connectivity index is 1.56. The van der Waals surface area contributed by atoms with Crippen molar-refractivity contribution < 1.29 is 19.1 Å². The highest BCUT2D eigenvalue weighted by Crippen LogP contribution is 2.23. The Morgan fingerprint density at radius 1 is 0.821 bits per heavy atom. The monoisotopic (exact) mass is 575 g/mol. The van der Waals surface area contributed by atoms with E-state index < -0.39 is 11.9 Å². The Labute approximate surface area is 241 Å². The van der Waals surface area contributed by atoms with Crippen molar-refractivity contribution in [1.82, 2.24) is 10.7 Å². The molecule has 0 heterocycles. The number of nitrogens with zero attached hydrogens (tertiary/aromatic N) is 1. The van der Waals surface area contributed by atoms with Crippen LogP contribution in [0.1, 0.15) is 99.9 Å². The molecule has 0 aliphatic carbocycles. The summed E-state index contributed by atoms with van der Waals surface area (Å²) in [7, 11) is 0. The molecule has 0 unspecified atom stereocenters. The van der Waals surface area contributed by atoms with E-state index in [0.29, 0.717) is 22.8 Å². The lowest BCUT2D eigenvalue weighted by Crippen LogP contribution is -2.34. The van der Waals surface area contributed by atoms with Crippen molar-refractivity contribution in [2.75, 3.05) is 6.54 Å². The highest BCUT2D eigenvalue weighted by atomic mass is 35.5. The number of amides is 2. The topological polar surface area (TPSA) is 96.9 Å². The van der Waals surface area contributed by atoms with Crippen molar-refractivity contribution in [1.29, 1.82) is 0 Å². The van der Waals surface area contributed by atoms with E-state index in [1.54, 1.807) is 30.3 Å². The lowest BCUT2D eigenvalue weighted by atomic mass is 10.1. The number of rotatable bonds is 18. The zero-order valence-electron chi connectivity index (χ0n) is 22.6. The second-order valence-corrected chi connectivity index (χ2v) is 10.3. The Bertz CT molecular complexity index is 1070. The highest BCUT2D eigenvalue weighted by molar-refractivity contribution is 6.36. The Hall–Kier alpha value is -2.90. The predicted octanol–water partition coefficient (Wildman–Crippen LogP) is 7.48. The van der Waals surface area contributed by atoms with Gasteiger partial charge in [0.15, 0.2) is 0 Å². The molecule has 212 valence electrons. The molecule has 7 nitrogen and oxygen atoms in total. The fraction of sp³-hybridized carbons (Fsp3) is 0.467. The molecule has 0 radical (unpaired) electrons. The number of unbranched alkanes of at least 4 members (excludes halogenated alkanes) is 10. The van der Waals surface area contributed by atoms with Gasteiger partial charge in [0.05, 0.1) is 23.3 Å². The van der Waals surface area contributed by atoms with Crippen molar-refractivity contribution >= 4 is 47.2 Å². The molecule has 2 N–H and O–H groups in total. The number of hydrazone groups is 1. The van der Waals surface area contributed by atoms with Gasteiger partial charge in [0, 0.05) is 11.4 Å². The quantitative estimate of drug-likeness (QED) is 0.0632. The number of carbonyl (C=O) groups is 3. The largest absolute Gasteiger partial charge is 0.423 e.